The van der Waals surface area contributed by atoms with Crippen molar-refractivity contribution in [2.24, 2.45) is 0 Å². The first-order valence-corrected chi connectivity index (χ1v) is 8.69. The fourth-order valence-electron chi connectivity index (χ4n) is 2.78. The van der Waals surface area contributed by atoms with E-state index >= 15 is 0 Å². The van der Waals surface area contributed by atoms with Crippen molar-refractivity contribution in [3.8, 4) is 5.75 Å². The van der Waals surface area contributed by atoms with E-state index in [1.807, 2.05) is 18.2 Å². The zero-order chi connectivity index (χ0) is 21.1. The second-order valence-corrected chi connectivity index (χ2v) is 6.26. The maximum Gasteiger partial charge on any atom is 0.573 e. The third-order valence-corrected chi connectivity index (χ3v) is 4.06. The Morgan fingerprint density at radius 3 is 2.73 bits per heavy atom. The number of amides is 1. The number of pyridine rings is 1. The standard InChI is InChI=1S/C20H14F3N5O2/c21-20(22,23)30-16-3-1-2-14(9-16)27-19(29)12-6-7-24-18(8-12)26-15-5-4-13-11-25-28-17(13)10-15/h1-11H,(H,24,26)(H,25,28)(H,27,29). The lowest BCUT2D eigenvalue weighted by Crippen LogP contribution is -2.17. The van der Waals surface area contributed by atoms with Crippen molar-refractivity contribution in [1.82, 2.24) is 15.2 Å². The van der Waals surface area contributed by atoms with Gasteiger partial charge >= 0.3 is 6.36 Å². The number of carbonyl (C=O) groups is 1. The third-order valence-electron chi connectivity index (χ3n) is 4.06. The van der Waals surface area contributed by atoms with Crippen molar-refractivity contribution in [3.05, 3.63) is 72.6 Å². The van der Waals surface area contributed by atoms with Gasteiger partial charge in [-0.25, -0.2) is 4.98 Å². The number of ether oxygens (including phenoxy) is 1. The van der Waals surface area contributed by atoms with Gasteiger partial charge in [0, 0.05) is 34.6 Å². The molecule has 0 aliphatic heterocycles. The second kappa shape index (κ2) is 7.74. The van der Waals surface area contributed by atoms with E-state index in [1.165, 1.54) is 30.5 Å². The first-order chi connectivity index (χ1) is 14.4. The Kier molecular flexibility index (Phi) is 4.97. The van der Waals surface area contributed by atoms with Crippen LogP contribution in [-0.2, 0) is 0 Å². The molecule has 152 valence electrons. The number of alkyl halides is 3. The van der Waals surface area contributed by atoms with Crippen LogP contribution in [0.25, 0.3) is 10.9 Å². The van der Waals surface area contributed by atoms with E-state index in [-0.39, 0.29) is 11.3 Å². The molecule has 2 heterocycles. The summed E-state index contributed by atoms with van der Waals surface area (Å²) in [6, 6.07) is 13.6. The molecule has 4 aromatic rings. The summed E-state index contributed by atoms with van der Waals surface area (Å²) in [6.07, 6.45) is -1.65. The number of hydrogen-bond acceptors (Lipinski definition) is 5. The molecule has 0 aliphatic rings. The fourth-order valence-corrected chi connectivity index (χ4v) is 2.78. The SMILES string of the molecule is O=C(Nc1cccc(OC(F)(F)F)c1)c1ccnc(Nc2ccc3cn[nH]c3c2)c1. The van der Waals surface area contributed by atoms with Gasteiger partial charge in [0.1, 0.15) is 11.6 Å². The van der Waals surface area contributed by atoms with Crippen LogP contribution in [0.2, 0.25) is 0 Å². The van der Waals surface area contributed by atoms with Crippen LogP contribution >= 0.6 is 0 Å². The van der Waals surface area contributed by atoms with Crippen LogP contribution in [0.15, 0.2) is 67.0 Å². The van der Waals surface area contributed by atoms with Gasteiger partial charge in [0.2, 0.25) is 0 Å². The number of benzene rings is 2. The molecule has 2 aromatic heterocycles. The molecular formula is C20H14F3N5O2. The molecule has 3 N–H and O–H groups in total. The molecule has 0 unspecified atom stereocenters. The van der Waals surface area contributed by atoms with Gasteiger partial charge in [-0.05, 0) is 42.5 Å². The maximum atomic E-state index is 12.5. The topological polar surface area (TPSA) is 91.9 Å². The quantitative estimate of drug-likeness (QED) is 0.435. The number of aromatic amines is 1. The van der Waals surface area contributed by atoms with Crippen LogP contribution in [-0.4, -0.2) is 27.5 Å². The number of aromatic nitrogens is 3. The summed E-state index contributed by atoms with van der Waals surface area (Å²) in [5, 5.41) is 13.4. The monoisotopic (exact) mass is 413 g/mol. The van der Waals surface area contributed by atoms with Gasteiger partial charge in [-0.15, -0.1) is 13.2 Å². The van der Waals surface area contributed by atoms with Crippen LogP contribution in [0.5, 0.6) is 5.75 Å². The molecule has 30 heavy (non-hydrogen) atoms. The lowest BCUT2D eigenvalue weighted by molar-refractivity contribution is -0.274. The van der Waals surface area contributed by atoms with E-state index in [4.69, 9.17) is 0 Å². The summed E-state index contributed by atoms with van der Waals surface area (Å²) in [7, 11) is 0. The van der Waals surface area contributed by atoms with Crippen molar-refractivity contribution in [2.45, 2.75) is 6.36 Å². The lowest BCUT2D eigenvalue weighted by atomic mass is 10.2. The van der Waals surface area contributed by atoms with Gasteiger partial charge in [-0.3, -0.25) is 9.89 Å². The first-order valence-electron chi connectivity index (χ1n) is 8.69. The van der Waals surface area contributed by atoms with Crippen LogP contribution in [0, 0.1) is 0 Å². The van der Waals surface area contributed by atoms with Crippen LogP contribution in [0.1, 0.15) is 10.4 Å². The Balaban J connectivity index is 1.48. The molecule has 0 spiro atoms. The molecule has 0 saturated carbocycles. The average molecular weight is 413 g/mol. The summed E-state index contributed by atoms with van der Waals surface area (Å²) < 4.78 is 40.9. The summed E-state index contributed by atoms with van der Waals surface area (Å²) in [5.74, 6) is -0.504. The highest BCUT2D eigenvalue weighted by atomic mass is 19.4. The van der Waals surface area contributed by atoms with Crippen LogP contribution in [0.3, 0.4) is 0 Å². The molecule has 10 heteroatoms. The van der Waals surface area contributed by atoms with E-state index in [1.54, 1.807) is 6.20 Å². The zero-order valence-corrected chi connectivity index (χ0v) is 15.2. The molecule has 1 amide bonds. The lowest BCUT2D eigenvalue weighted by Gasteiger charge is -2.11. The van der Waals surface area contributed by atoms with E-state index < -0.39 is 18.0 Å². The summed E-state index contributed by atoms with van der Waals surface area (Å²) >= 11 is 0. The molecule has 0 fully saturated rings. The highest BCUT2D eigenvalue weighted by Gasteiger charge is 2.31. The van der Waals surface area contributed by atoms with Gasteiger partial charge < -0.3 is 15.4 Å². The molecule has 4 rings (SSSR count). The number of anilines is 3. The molecule has 0 bridgehead atoms. The van der Waals surface area contributed by atoms with Gasteiger partial charge in [-0.1, -0.05) is 6.07 Å². The zero-order valence-electron chi connectivity index (χ0n) is 15.2. The Labute approximate surface area is 167 Å². The van der Waals surface area contributed by atoms with E-state index in [9.17, 15) is 18.0 Å². The Morgan fingerprint density at radius 1 is 1.03 bits per heavy atom. The Morgan fingerprint density at radius 2 is 1.90 bits per heavy atom. The Bertz CT molecular complexity index is 1210. The van der Waals surface area contributed by atoms with Gasteiger partial charge in [-0.2, -0.15) is 5.10 Å². The van der Waals surface area contributed by atoms with Crippen molar-refractivity contribution >= 4 is 34.0 Å². The van der Waals surface area contributed by atoms with Gasteiger partial charge in [0.05, 0.1) is 11.7 Å². The molecular weight excluding hydrogens is 399 g/mol. The van der Waals surface area contributed by atoms with E-state index in [0.717, 1.165) is 28.7 Å². The number of fused-ring (bicyclic) bond motifs is 1. The van der Waals surface area contributed by atoms with Gasteiger partial charge in [0.15, 0.2) is 0 Å². The highest BCUT2D eigenvalue weighted by molar-refractivity contribution is 6.04. The maximum absolute atomic E-state index is 12.5. The fraction of sp³-hybridized carbons (Fsp3) is 0.0500. The van der Waals surface area contributed by atoms with Crippen molar-refractivity contribution in [1.29, 1.82) is 0 Å². The molecule has 2 aromatic carbocycles. The predicted molar refractivity (Wildman–Crippen MR) is 105 cm³/mol. The smallest absolute Gasteiger partial charge is 0.406 e. The second-order valence-electron chi connectivity index (χ2n) is 6.26. The summed E-state index contributed by atoms with van der Waals surface area (Å²) in [4.78, 5) is 16.7. The average Bonchev–Trinajstić information content (AvgIpc) is 3.15. The first kappa shape index (κ1) is 19.2. The molecule has 7 nitrogen and oxygen atoms in total. The minimum absolute atomic E-state index is 0.165. The number of nitrogens with zero attached hydrogens (tertiary/aromatic N) is 2. The van der Waals surface area contributed by atoms with Crippen molar-refractivity contribution in [2.75, 3.05) is 10.6 Å². The largest absolute Gasteiger partial charge is 0.573 e. The number of hydrogen-bond donors (Lipinski definition) is 3. The number of halogens is 3. The van der Waals surface area contributed by atoms with Crippen LogP contribution < -0.4 is 15.4 Å². The number of nitrogens with one attached hydrogen (secondary N) is 3. The highest BCUT2D eigenvalue weighted by Crippen LogP contribution is 2.25. The minimum Gasteiger partial charge on any atom is -0.406 e. The van der Waals surface area contributed by atoms with Crippen LogP contribution in [0.4, 0.5) is 30.4 Å². The molecule has 0 radical (unpaired) electrons. The molecule has 0 saturated heterocycles. The van der Waals surface area contributed by atoms with Gasteiger partial charge in [0.25, 0.3) is 5.91 Å². The Hall–Kier alpha value is -4.08. The summed E-state index contributed by atoms with van der Waals surface area (Å²) in [6.45, 7) is 0. The number of carbonyl (C=O) groups excluding carboxylic acids is 1. The number of rotatable bonds is 5. The van der Waals surface area contributed by atoms with E-state index in [0.29, 0.717) is 5.82 Å². The normalized spacial score (nSPS) is 11.3. The predicted octanol–water partition coefficient (Wildman–Crippen LogP) is 4.85. The number of H-pyrrole nitrogens is 1. The molecule has 0 atom stereocenters. The summed E-state index contributed by atoms with van der Waals surface area (Å²) in [5.41, 5.74) is 2.03. The third kappa shape index (κ3) is 4.66. The van der Waals surface area contributed by atoms with Crippen molar-refractivity contribution in [3.63, 3.8) is 0 Å². The van der Waals surface area contributed by atoms with Crippen molar-refractivity contribution < 1.29 is 22.7 Å². The minimum atomic E-state index is -4.81. The van der Waals surface area contributed by atoms with E-state index in [2.05, 4.69) is 30.6 Å². The molecule has 0 aliphatic carbocycles.